The number of hydrogen-bond acceptors (Lipinski definition) is 3. The Kier molecular flexibility index (Phi) is 6.83. The van der Waals surface area contributed by atoms with Crippen LogP contribution in [0, 0.1) is 0 Å². The third-order valence-electron chi connectivity index (χ3n) is 4.88. The summed E-state index contributed by atoms with van der Waals surface area (Å²) in [5.41, 5.74) is 2.81. The first-order valence-electron chi connectivity index (χ1n) is 9.30. The fraction of sp³-hybridized carbons (Fsp3) is 0.273. The summed E-state index contributed by atoms with van der Waals surface area (Å²) in [6, 6.07) is 12.3. The SMILES string of the molecule is CCCN1C(=S)NC(c2cc(Cl)c(OC)c(Cl)c2)C(C(=O)c2ccccc2)=C1C. The van der Waals surface area contributed by atoms with Crippen LogP contribution < -0.4 is 10.1 Å². The summed E-state index contributed by atoms with van der Waals surface area (Å²) < 4.78 is 5.26. The lowest BCUT2D eigenvalue weighted by Gasteiger charge is -2.38. The fourth-order valence-corrected chi connectivity index (χ4v) is 4.51. The lowest BCUT2D eigenvalue weighted by Crippen LogP contribution is -2.47. The van der Waals surface area contributed by atoms with Gasteiger partial charge in [-0.15, -0.1) is 0 Å². The van der Waals surface area contributed by atoms with E-state index in [9.17, 15) is 4.79 Å². The number of allylic oxidation sites excluding steroid dienone is 1. The third-order valence-corrected chi connectivity index (χ3v) is 5.78. The standard InChI is InChI=1S/C22H22Cl2N2O2S/c1-4-10-26-13(2)18(20(27)14-8-6-5-7-9-14)19(25-22(26)29)15-11-16(23)21(28-3)17(24)12-15/h5-9,11-12,19H,4,10H2,1-3H3,(H,25,29). The average molecular weight is 449 g/mol. The van der Waals surface area contributed by atoms with Gasteiger partial charge in [0, 0.05) is 23.4 Å². The highest BCUT2D eigenvalue weighted by atomic mass is 35.5. The van der Waals surface area contributed by atoms with Gasteiger partial charge in [-0.05, 0) is 43.3 Å². The van der Waals surface area contributed by atoms with E-state index in [1.165, 1.54) is 7.11 Å². The van der Waals surface area contributed by atoms with Crippen molar-refractivity contribution in [3.05, 3.63) is 74.9 Å². The van der Waals surface area contributed by atoms with Crippen LogP contribution in [0.15, 0.2) is 53.7 Å². The summed E-state index contributed by atoms with van der Waals surface area (Å²) in [6.07, 6.45) is 0.900. The smallest absolute Gasteiger partial charge is 0.193 e. The van der Waals surface area contributed by atoms with Crippen molar-refractivity contribution in [2.24, 2.45) is 0 Å². The minimum Gasteiger partial charge on any atom is -0.494 e. The number of rotatable bonds is 6. The van der Waals surface area contributed by atoms with Crippen molar-refractivity contribution >= 4 is 46.3 Å². The van der Waals surface area contributed by atoms with E-state index in [4.69, 9.17) is 40.2 Å². The van der Waals surface area contributed by atoms with Crippen LogP contribution in [0.5, 0.6) is 5.75 Å². The van der Waals surface area contributed by atoms with E-state index in [0.29, 0.717) is 32.0 Å². The third kappa shape index (κ3) is 4.27. The van der Waals surface area contributed by atoms with Crippen LogP contribution in [0.4, 0.5) is 0 Å². The number of benzene rings is 2. The molecule has 1 atom stereocenters. The first-order valence-corrected chi connectivity index (χ1v) is 10.5. The van der Waals surface area contributed by atoms with E-state index in [0.717, 1.165) is 24.2 Å². The second kappa shape index (κ2) is 9.16. The molecular weight excluding hydrogens is 427 g/mol. The number of nitrogens with one attached hydrogen (secondary N) is 1. The summed E-state index contributed by atoms with van der Waals surface area (Å²) in [7, 11) is 1.51. The van der Waals surface area contributed by atoms with Gasteiger partial charge in [0.2, 0.25) is 0 Å². The molecule has 1 aliphatic rings. The molecule has 0 saturated heterocycles. The Morgan fingerprint density at radius 1 is 1.21 bits per heavy atom. The summed E-state index contributed by atoms with van der Waals surface area (Å²) in [4.78, 5) is 15.5. The molecule has 7 heteroatoms. The number of nitrogens with zero attached hydrogens (tertiary/aromatic N) is 1. The van der Waals surface area contributed by atoms with E-state index in [-0.39, 0.29) is 5.78 Å². The number of ketones is 1. The largest absolute Gasteiger partial charge is 0.494 e. The molecular formula is C22H22Cl2N2O2S. The van der Waals surface area contributed by atoms with Gasteiger partial charge in [0.25, 0.3) is 0 Å². The maximum absolute atomic E-state index is 13.5. The topological polar surface area (TPSA) is 41.6 Å². The Hall–Kier alpha value is -2.08. The van der Waals surface area contributed by atoms with Crippen LogP contribution in [0.3, 0.4) is 0 Å². The van der Waals surface area contributed by atoms with Gasteiger partial charge in [-0.1, -0.05) is 60.5 Å². The molecule has 2 aromatic rings. The Labute approximate surface area is 186 Å². The molecule has 152 valence electrons. The lowest BCUT2D eigenvalue weighted by atomic mass is 9.89. The van der Waals surface area contributed by atoms with Gasteiger partial charge < -0.3 is 15.0 Å². The first-order chi connectivity index (χ1) is 13.9. The summed E-state index contributed by atoms with van der Waals surface area (Å²) in [6.45, 7) is 4.72. The maximum atomic E-state index is 13.5. The van der Waals surface area contributed by atoms with Crippen LogP contribution in [0.25, 0.3) is 0 Å². The molecule has 0 aromatic heterocycles. The van der Waals surface area contributed by atoms with E-state index in [2.05, 4.69) is 12.2 Å². The molecule has 0 radical (unpaired) electrons. The first kappa shape index (κ1) is 21.6. The van der Waals surface area contributed by atoms with Crippen LogP contribution >= 0.6 is 35.4 Å². The summed E-state index contributed by atoms with van der Waals surface area (Å²) in [5.74, 6) is 0.340. The molecule has 0 aliphatic carbocycles. The fourth-order valence-electron chi connectivity index (χ4n) is 3.50. The van der Waals surface area contributed by atoms with Gasteiger partial charge in [-0.2, -0.15) is 0 Å². The zero-order valence-electron chi connectivity index (χ0n) is 16.5. The van der Waals surface area contributed by atoms with Gasteiger partial charge in [0.05, 0.1) is 23.2 Å². The second-order valence-corrected chi connectivity index (χ2v) is 7.95. The molecule has 0 fully saturated rings. The quantitative estimate of drug-likeness (QED) is 0.446. The number of Topliss-reactive ketones (excluding diaryl/α,β-unsaturated/α-hetero) is 1. The number of carbonyl (C=O) groups excluding carboxylic acids is 1. The molecule has 0 amide bonds. The number of ether oxygens (including phenoxy) is 1. The normalized spacial score (nSPS) is 16.7. The molecule has 0 saturated carbocycles. The molecule has 1 N–H and O–H groups in total. The predicted molar refractivity (Wildman–Crippen MR) is 122 cm³/mol. The number of carbonyl (C=O) groups is 1. The lowest BCUT2D eigenvalue weighted by molar-refractivity contribution is 0.102. The highest BCUT2D eigenvalue weighted by Gasteiger charge is 2.34. The zero-order valence-corrected chi connectivity index (χ0v) is 18.8. The van der Waals surface area contributed by atoms with Crippen molar-refractivity contribution in [2.75, 3.05) is 13.7 Å². The van der Waals surface area contributed by atoms with Crippen molar-refractivity contribution in [2.45, 2.75) is 26.3 Å². The molecule has 0 spiro atoms. The number of methoxy groups -OCH3 is 1. The average Bonchev–Trinajstić information content (AvgIpc) is 2.70. The Morgan fingerprint density at radius 3 is 2.38 bits per heavy atom. The Bertz CT molecular complexity index is 953. The number of hydrogen-bond donors (Lipinski definition) is 1. The van der Waals surface area contributed by atoms with Crippen LogP contribution in [0.1, 0.15) is 42.2 Å². The van der Waals surface area contributed by atoms with Crippen molar-refractivity contribution in [1.29, 1.82) is 0 Å². The molecule has 1 heterocycles. The maximum Gasteiger partial charge on any atom is 0.193 e. The molecule has 2 aromatic carbocycles. The number of thiocarbonyl (C=S) groups is 1. The van der Waals surface area contributed by atoms with E-state index in [1.54, 1.807) is 12.1 Å². The van der Waals surface area contributed by atoms with Gasteiger partial charge in [0.1, 0.15) is 0 Å². The van der Waals surface area contributed by atoms with Crippen molar-refractivity contribution in [1.82, 2.24) is 10.2 Å². The number of halogens is 2. The second-order valence-electron chi connectivity index (χ2n) is 6.75. The van der Waals surface area contributed by atoms with E-state index < -0.39 is 6.04 Å². The van der Waals surface area contributed by atoms with Crippen LogP contribution in [-0.2, 0) is 0 Å². The molecule has 1 unspecified atom stereocenters. The molecule has 3 rings (SSSR count). The van der Waals surface area contributed by atoms with Crippen LogP contribution in [-0.4, -0.2) is 29.5 Å². The van der Waals surface area contributed by atoms with E-state index >= 15 is 0 Å². The van der Waals surface area contributed by atoms with Gasteiger partial charge >= 0.3 is 0 Å². The zero-order chi connectivity index (χ0) is 21.1. The van der Waals surface area contributed by atoms with Crippen molar-refractivity contribution in [3.8, 4) is 5.75 Å². The summed E-state index contributed by atoms with van der Waals surface area (Å²) in [5, 5.41) is 4.64. The van der Waals surface area contributed by atoms with E-state index in [1.807, 2.05) is 42.2 Å². The minimum absolute atomic E-state index is 0.0627. The summed E-state index contributed by atoms with van der Waals surface area (Å²) >= 11 is 18.3. The minimum atomic E-state index is -0.468. The highest BCUT2D eigenvalue weighted by molar-refractivity contribution is 7.80. The van der Waals surface area contributed by atoms with Crippen molar-refractivity contribution < 1.29 is 9.53 Å². The molecule has 29 heavy (non-hydrogen) atoms. The Morgan fingerprint density at radius 2 is 1.83 bits per heavy atom. The van der Waals surface area contributed by atoms with Gasteiger partial charge in [-0.3, -0.25) is 4.79 Å². The monoisotopic (exact) mass is 448 g/mol. The highest BCUT2D eigenvalue weighted by Crippen LogP contribution is 2.39. The van der Waals surface area contributed by atoms with Gasteiger partial charge in [0.15, 0.2) is 16.6 Å². The van der Waals surface area contributed by atoms with Gasteiger partial charge in [-0.25, -0.2) is 0 Å². The molecule has 1 aliphatic heterocycles. The molecule has 4 nitrogen and oxygen atoms in total. The Balaban J connectivity index is 2.16. The molecule has 0 bridgehead atoms. The predicted octanol–water partition coefficient (Wildman–Crippen LogP) is 5.80. The van der Waals surface area contributed by atoms with Crippen molar-refractivity contribution in [3.63, 3.8) is 0 Å². The van der Waals surface area contributed by atoms with Crippen LogP contribution in [0.2, 0.25) is 10.0 Å².